The van der Waals surface area contributed by atoms with E-state index in [2.05, 4.69) is 10.3 Å². The molecule has 0 saturated heterocycles. The summed E-state index contributed by atoms with van der Waals surface area (Å²) in [6, 6.07) is 13.1. The minimum absolute atomic E-state index is 0.120. The molecule has 1 N–H and O–H groups in total. The number of benzene rings is 1. The number of carbonyl (C=O) groups is 1. The number of hydrogen-bond acceptors (Lipinski definition) is 4. The van der Waals surface area contributed by atoms with Gasteiger partial charge < -0.3 is 14.2 Å². The number of rotatable bonds is 5. The van der Waals surface area contributed by atoms with Crippen molar-refractivity contribution in [1.82, 2.24) is 10.3 Å². The SMILES string of the molecule is Cc1oc(-c2ccccc2)nc1CC(=O)NC(C)c1ccco1. The molecule has 1 atom stereocenters. The van der Waals surface area contributed by atoms with E-state index >= 15 is 0 Å². The zero-order valence-corrected chi connectivity index (χ0v) is 13.1. The molecule has 118 valence electrons. The van der Waals surface area contributed by atoms with Gasteiger partial charge in [-0.25, -0.2) is 4.98 Å². The van der Waals surface area contributed by atoms with Crippen LogP contribution in [0.5, 0.6) is 0 Å². The molecule has 0 saturated carbocycles. The summed E-state index contributed by atoms with van der Waals surface area (Å²) in [7, 11) is 0. The van der Waals surface area contributed by atoms with Gasteiger partial charge in [0.05, 0.1) is 24.4 Å². The third-order valence-electron chi connectivity index (χ3n) is 3.59. The Morgan fingerprint density at radius 3 is 2.70 bits per heavy atom. The van der Waals surface area contributed by atoms with Crippen LogP contribution in [0.1, 0.15) is 30.2 Å². The van der Waals surface area contributed by atoms with Crippen LogP contribution in [0.25, 0.3) is 11.5 Å². The van der Waals surface area contributed by atoms with Gasteiger partial charge >= 0.3 is 0 Å². The molecule has 1 aromatic carbocycles. The lowest BCUT2D eigenvalue weighted by molar-refractivity contribution is -0.121. The highest BCUT2D eigenvalue weighted by molar-refractivity contribution is 5.78. The third kappa shape index (κ3) is 3.51. The molecule has 3 aromatic rings. The summed E-state index contributed by atoms with van der Waals surface area (Å²) >= 11 is 0. The second-order valence-corrected chi connectivity index (χ2v) is 5.37. The molecule has 0 spiro atoms. The van der Waals surface area contributed by atoms with Gasteiger partial charge in [-0.3, -0.25) is 4.79 Å². The van der Waals surface area contributed by atoms with E-state index in [9.17, 15) is 4.79 Å². The van der Waals surface area contributed by atoms with Crippen molar-refractivity contribution >= 4 is 5.91 Å². The fraction of sp³-hybridized carbons (Fsp3) is 0.222. The van der Waals surface area contributed by atoms with Crippen molar-refractivity contribution < 1.29 is 13.6 Å². The maximum Gasteiger partial charge on any atom is 0.226 e. The molecule has 0 aliphatic rings. The molecule has 0 aliphatic carbocycles. The second-order valence-electron chi connectivity index (χ2n) is 5.37. The lowest BCUT2D eigenvalue weighted by Crippen LogP contribution is -2.28. The number of hydrogen-bond donors (Lipinski definition) is 1. The van der Waals surface area contributed by atoms with Crippen molar-refractivity contribution in [2.75, 3.05) is 0 Å². The van der Waals surface area contributed by atoms with Gasteiger partial charge in [-0.15, -0.1) is 0 Å². The second kappa shape index (κ2) is 6.52. The highest BCUT2D eigenvalue weighted by atomic mass is 16.4. The molecule has 1 amide bonds. The predicted molar refractivity (Wildman–Crippen MR) is 85.6 cm³/mol. The van der Waals surface area contributed by atoms with Crippen LogP contribution in [0.15, 0.2) is 57.6 Å². The van der Waals surface area contributed by atoms with Crippen LogP contribution < -0.4 is 5.32 Å². The van der Waals surface area contributed by atoms with Gasteiger partial charge in [0.2, 0.25) is 11.8 Å². The average Bonchev–Trinajstić information content (AvgIpc) is 3.19. The molecular weight excluding hydrogens is 292 g/mol. The monoisotopic (exact) mass is 310 g/mol. The Balaban J connectivity index is 1.68. The lowest BCUT2D eigenvalue weighted by Gasteiger charge is -2.10. The predicted octanol–water partition coefficient (Wildman–Crippen LogP) is 3.66. The number of oxazole rings is 1. The standard InChI is InChI=1S/C18H18N2O3/c1-12(16-9-6-10-22-16)19-17(21)11-15-13(2)23-18(20-15)14-7-4-3-5-8-14/h3-10,12H,11H2,1-2H3,(H,19,21). The van der Waals surface area contributed by atoms with Crippen LogP contribution in [0, 0.1) is 6.92 Å². The van der Waals surface area contributed by atoms with Crippen LogP contribution in [0.3, 0.4) is 0 Å². The van der Waals surface area contributed by atoms with E-state index < -0.39 is 0 Å². The molecular formula is C18H18N2O3. The van der Waals surface area contributed by atoms with Crippen molar-refractivity contribution in [2.24, 2.45) is 0 Å². The first-order valence-electron chi connectivity index (χ1n) is 7.48. The third-order valence-corrected chi connectivity index (χ3v) is 3.59. The molecule has 0 bridgehead atoms. The van der Waals surface area contributed by atoms with E-state index in [0.717, 1.165) is 11.3 Å². The molecule has 5 nitrogen and oxygen atoms in total. The molecule has 0 radical (unpaired) electrons. The van der Waals surface area contributed by atoms with Crippen molar-refractivity contribution in [3.8, 4) is 11.5 Å². The fourth-order valence-corrected chi connectivity index (χ4v) is 2.35. The van der Waals surface area contributed by atoms with Crippen LogP contribution >= 0.6 is 0 Å². The van der Waals surface area contributed by atoms with Crippen LogP contribution in [0.4, 0.5) is 0 Å². The molecule has 5 heteroatoms. The van der Waals surface area contributed by atoms with E-state index in [0.29, 0.717) is 17.3 Å². The maximum atomic E-state index is 12.2. The summed E-state index contributed by atoms with van der Waals surface area (Å²) in [5.74, 6) is 1.79. The first-order valence-corrected chi connectivity index (χ1v) is 7.48. The Hall–Kier alpha value is -2.82. The smallest absolute Gasteiger partial charge is 0.226 e. The number of nitrogens with one attached hydrogen (secondary N) is 1. The van der Waals surface area contributed by atoms with Gasteiger partial charge in [0, 0.05) is 5.56 Å². The minimum Gasteiger partial charge on any atom is -0.467 e. The largest absolute Gasteiger partial charge is 0.467 e. The van der Waals surface area contributed by atoms with E-state index in [1.54, 1.807) is 12.3 Å². The van der Waals surface area contributed by atoms with Crippen molar-refractivity contribution in [3.05, 3.63) is 65.9 Å². The van der Waals surface area contributed by atoms with E-state index in [-0.39, 0.29) is 18.4 Å². The van der Waals surface area contributed by atoms with E-state index in [4.69, 9.17) is 8.83 Å². The summed E-state index contributed by atoms with van der Waals surface area (Å²) in [5.41, 5.74) is 1.54. The van der Waals surface area contributed by atoms with Crippen LogP contribution in [-0.2, 0) is 11.2 Å². The number of aryl methyl sites for hydroxylation is 1. The van der Waals surface area contributed by atoms with E-state index in [1.807, 2.05) is 50.2 Å². The summed E-state index contributed by atoms with van der Waals surface area (Å²) < 4.78 is 11.0. The fourth-order valence-electron chi connectivity index (χ4n) is 2.35. The van der Waals surface area contributed by atoms with Crippen molar-refractivity contribution in [1.29, 1.82) is 0 Å². The quantitative estimate of drug-likeness (QED) is 0.781. The summed E-state index contributed by atoms with van der Waals surface area (Å²) in [6.07, 6.45) is 1.76. The number of aromatic nitrogens is 1. The van der Waals surface area contributed by atoms with Crippen LogP contribution in [-0.4, -0.2) is 10.9 Å². The van der Waals surface area contributed by atoms with Crippen molar-refractivity contribution in [3.63, 3.8) is 0 Å². The van der Waals surface area contributed by atoms with Gasteiger partial charge in [0.15, 0.2) is 0 Å². The Bertz CT molecular complexity index is 776. The topological polar surface area (TPSA) is 68.3 Å². The van der Waals surface area contributed by atoms with Gasteiger partial charge in [-0.2, -0.15) is 0 Å². The summed E-state index contributed by atoms with van der Waals surface area (Å²) in [5, 5.41) is 2.89. The van der Waals surface area contributed by atoms with Crippen molar-refractivity contribution in [2.45, 2.75) is 26.3 Å². The van der Waals surface area contributed by atoms with Gasteiger partial charge in [-0.05, 0) is 38.1 Å². The molecule has 3 rings (SSSR count). The zero-order valence-electron chi connectivity index (χ0n) is 13.1. The number of carbonyl (C=O) groups excluding carboxylic acids is 1. The summed E-state index contributed by atoms with van der Waals surface area (Å²) in [4.78, 5) is 16.6. The first-order chi connectivity index (χ1) is 11.1. The molecule has 0 aliphatic heterocycles. The normalized spacial score (nSPS) is 12.1. The Kier molecular flexibility index (Phi) is 4.28. The highest BCUT2D eigenvalue weighted by Gasteiger charge is 2.17. The Morgan fingerprint density at radius 1 is 1.22 bits per heavy atom. The zero-order chi connectivity index (χ0) is 16.2. The summed E-state index contributed by atoms with van der Waals surface area (Å²) in [6.45, 7) is 3.69. The van der Waals surface area contributed by atoms with E-state index in [1.165, 1.54) is 0 Å². The number of amides is 1. The lowest BCUT2D eigenvalue weighted by atomic mass is 10.2. The van der Waals surface area contributed by atoms with Gasteiger partial charge in [0.25, 0.3) is 0 Å². The Labute approximate surface area is 134 Å². The molecule has 23 heavy (non-hydrogen) atoms. The molecule has 2 heterocycles. The number of nitrogens with zero attached hydrogens (tertiary/aromatic N) is 1. The molecule has 2 aromatic heterocycles. The average molecular weight is 310 g/mol. The Morgan fingerprint density at radius 2 is 2.00 bits per heavy atom. The highest BCUT2D eigenvalue weighted by Crippen LogP contribution is 2.22. The number of furan rings is 1. The van der Waals surface area contributed by atoms with Crippen LogP contribution in [0.2, 0.25) is 0 Å². The minimum atomic E-state index is -0.182. The van der Waals surface area contributed by atoms with Gasteiger partial charge in [0.1, 0.15) is 11.5 Å². The van der Waals surface area contributed by atoms with Gasteiger partial charge in [-0.1, -0.05) is 18.2 Å². The molecule has 1 unspecified atom stereocenters. The first kappa shape index (κ1) is 15.1. The molecule has 0 fully saturated rings. The maximum absolute atomic E-state index is 12.2.